The number of nitrogens with zero attached hydrogens (tertiary/aromatic N) is 6. The lowest BCUT2D eigenvalue weighted by molar-refractivity contribution is 0.628. The molecule has 1 fully saturated rings. The number of benzene rings is 2. The van der Waals surface area contributed by atoms with Gasteiger partial charge in [-0.25, -0.2) is 38.7 Å². The standard InChI is InChI=1S/C17H15FN4.C15H13FN4/c18-13-3-1-2-12(8-13)14-6-7-15-16(22-14)17(21-10-20-15)19-9-11-4-5-11;1-2-17-15-14-13(18-9-19-15)7-6-12(20-14)10-4-3-5-11(16)8-10/h1-3,6-8,10-11H,4-5,9H2,(H,19,20,21);3-9H,2H2,1H3,(H,17,18,19). The Bertz CT molecular complexity index is 1860. The highest BCUT2D eigenvalue weighted by atomic mass is 19.1. The Morgan fingerprint density at radius 1 is 0.667 bits per heavy atom. The maximum Gasteiger partial charge on any atom is 0.156 e. The summed E-state index contributed by atoms with van der Waals surface area (Å²) >= 11 is 0. The summed E-state index contributed by atoms with van der Waals surface area (Å²) in [5, 5.41) is 6.50. The second-order valence-corrected chi connectivity index (χ2v) is 9.95. The lowest BCUT2D eigenvalue weighted by Crippen LogP contribution is -2.06. The van der Waals surface area contributed by atoms with Crippen molar-refractivity contribution in [2.45, 2.75) is 19.8 Å². The molecule has 0 saturated heterocycles. The van der Waals surface area contributed by atoms with Crippen molar-refractivity contribution >= 4 is 33.7 Å². The number of halogens is 2. The number of nitrogens with one attached hydrogen (secondary N) is 2. The molecule has 4 heterocycles. The van der Waals surface area contributed by atoms with Crippen molar-refractivity contribution in [1.29, 1.82) is 0 Å². The van der Waals surface area contributed by atoms with Crippen molar-refractivity contribution in [1.82, 2.24) is 29.9 Å². The van der Waals surface area contributed by atoms with Gasteiger partial charge in [0.1, 0.15) is 35.3 Å². The van der Waals surface area contributed by atoms with Gasteiger partial charge in [0.25, 0.3) is 0 Å². The first-order valence-electron chi connectivity index (χ1n) is 13.8. The normalized spacial score (nSPS) is 12.5. The Labute approximate surface area is 241 Å². The number of aromatic nitrogens is 6. The molecule has 6 aromatic rings. The highest BCUT2D eigenvalue weighted by Crippen LogP contribution is 2.30. The number of pyridine rings is 2. The van der Waals surface area contributed by atoms with Crippen LogP contribution in [0.5, 0.6) is 0 Å². The van der Waals surface area contributed by atoms with Crippen LogP contribution in [0.1, 0.15) is 19.8 Å². The quantitative estimate of drug-likeness (QED) is 0.216. The highest BCUT2D eigenvalue weighted by molar-refractivity contribution is 5.87. The fourth-order valence-corrected chi connectivity index (χ4v) is 4.49. The van der Waals surface area contributed by atoms with Gasteiger partial charge < -0.3 is 10.6 Å². The van der Waals surface area contributed by atoms with E-state index in [1.54, 1.807) is 18.5 Å². The molecular formula is C32H28F2N8. The highest BCUT2D eigenvalue weighted by Gasteiger charge is 2.21. The summed E-state index contributed by atoms with van der Waals surface area (Å²) in [5.74, 6) is 1.64. The second-order valence-electron chi connectivity index (χ2n) is 9.95. The molecular weight excluding hydrogens is 534 g/mol. The summed E-state index contributed by atoms with van der Waals surface area (Å²) < 4.78 is 26.7. The largest absolute Gasteiger partial charge is 0.368 e. The van der Waals surface area contributed by atoms with Gasteiger partial charge in [0.05, 0.1) is 22.4 Å². The van der Waals surface area contributed by atoms with Gasteiger partial charge in [-0.2, -0.15) is 0 Å². The van der Waals surface area contributed by atoms with Gasteiger partial charge in [0, 0.05) is 24.2 Å². The van der Waals surface area contributed by atoms with Crippen molar-refractivity contribution in [3.8, 4) is 22.5 Å². The molecule has 0 radical (unpaired) electrons. The van der Waals surface area contributed by atoms with Gasteiger partial charge in [0.15, 0.2) is 11.6 Å². The average molecular weight is 563 g/mol. The lowest BCUT2D eigenvalue weighted by Gasteiger charge is -2.08. The van der Waals surface area contributed by atoms with Crippen LogP contribution in [0.4, 0.5) is 20.4 Å². The summed E-state index contributed by atoms with van der Waals surface area (Å²) in [4.78, 5) is 26.1. The third kappa shape index (κ3) is 6.27. The molecule has 0 unspecified atom stereocenters. The van der Waals surface area contributed by atoms with Gasteiger partial charge >= 0.3 is 0 Å². The topological polar surface area (TPSA) is 101 Å². The molecule has 0 aliphatic heterocycles. The van der Waals surface area contributed by atoms with E-state index in [-0.39, 0.29) is 11.6 Å². The summed E-state index contributed by atoms with van der Waals surface area (Å²) in [6, 6.07) is 20.3. The zero-order chi connectivity index (χ0) is 28.9. The van der Waals surface area contributed by atoms with Crippen molar-refractivity contribution in [3.63, 3.8) is 0 Å². The number of fused-ring (bicyclic) bond motifs is 2. The monoisotopic (exact) mass is 562 g/mol. The SMILES string of the molecule is CCNc1ncnc2ccc(-c3cccc(F)c3)nc12.Fc1cccc(-c2ccc3ncnc(NCC4CC4)c3n2)c1. The zero-order valence-electron chi connectivity index (χ0n) is 22.9. The Morgan fingerprint density at radius 2 is 1.19 bits per heavy atom. The van der Waals surface area contributed by atoms with Crippen LogP contribution in [-0.4, -0.2) is 43.0 Å². The van der Waals surface area contributed by atoms with E-state index in [1.807, 2.05) is 43.3 Å². The molecule has 0 amide bonds. The molecule has 4 aromatic heterocycles. The molecule has 0 bridgehead atoms. The van der Waals surface area contributed by atoms with E-state index in [4.69, 9.17) is 0 Å². The maximum absolute atomic E-state index is 13.4. The van der Waals surface area contributed by atoms with Crippen LogP contribution in [-0.2, 0) is 0 Å². The van der Waals surface area contributed by atoms with E-state index >= 15 is 0 Å². The van der Waals surface area contributed by atoms with Gasteiger partial charge in [0.2, 0.25) is 0 Å². The summed E-state index contributed by atoms with van der Waals surface area (Å²) in [6.07, 6.45) is 5.60. The molecule has 8 nitrogen and oxygen atoms in total. The van der Waals surface area contributed by atoms with Crippen LogP contribution >= 0.6 is 0 Å². The van der Waals surface area contributed by atoms with E-state index in [1.165, 1.54) is 43.4 Å². The van der Waals surface area contributed by atoms with Crippen LogP contribution in [0.25, 0.3) is 44.6 Å². The van der Waals surface area contributed by atoms with Gasteiger partial charge in [-0.15, -0.1) is 0 Å². The molecule has 0 spiro atoms. The second kappa shape index (κ2) is 12.2. The molecule has 1 aliphatic rings. The Balaban J connectivity index is 0.000000151. The fraction of sp³-hybridized carbons (Fsp3) is 0.188. The van der Waals surface area contributed by atoms with Gasteiger partial charge in [-0.05, 0) is 74.2 Å². The molecule has 0 atom stereocenters. The molecule has 7 rings (SSSR count). The van der Waals surface area contributed by atoms with E-state index in [0.717, 1.165) is 58.2 Å². The molecule has 2 N–H and O–H groups in total. The fourth-order valence-electron chi connectivity index (χ4n) is 4.49. The number of anilines is 2. The van der Waals surface area contributed by atoms with E-state index in [2.05, 4.69) is 40.5 Å². The van der Waals surface area contributed by atoms with Gasteiger partial charge in [-0.3, -0.25) is 0 Å². The lowest BCUT2D eigenvalue weighted by atomic mass is 10.1. The number of hydrogen-bond acceptors (Lipinski definition) is 8. The molecule has 210 valence electrons. The predicted molar refractivity (Wildman–Crippen MR) is 161 cm³/mol. The van der Waals surface area contributed by atoms with E-state index in [9.17, 15) is 8.78 Å². The summed E-state index contributed by atoms with van der Waals surface area (Å²) in [5.41, 5.74) is 5.87. The molecule has 10 heteroatoms. The van der Waals surface area contributed by atoms with Gasteiger partial charge in [-0.1, -0.05) is 24.3 Å². The van der Waals surface area contributed by atoms with Crippen molar-refractivity contribution in [2.75, 3.05) is 23.7 Å². The third-order valence-electron chi connectivity index (χ3n) is 6.80. The first-order chi connectivity index (χ1) is 20.6. The van der Waals surface area contributed by atoms with Crippen LogP contribution in [0.3, 0.4) is 0 Å². The smallest absolute Gasteiger partial charge is 0.156 e. The minimum atomic E-state index is -0.277. The minimum absolute atomic E-state index is 0.268. The predicted octanol–water partition coefficient (Wildman–Crippen LogP) is 6.92. The molecule has 2 aromatic carbocycles. The average Bonchev–Trinajstić information content (AvgIpc) is 3.85. The Kier molecular flexibility index (Phi) is 7.85. The van der Waals surface area contributed by atoms with Crippen molar-refractivity contribution < 1.29 is 8.78 Å². The Morgan fingerprint density at radius 3 is 1.67 bits per heavy atom. The number of hydrogen-bond donors (Lipinski definition) is 2. The zero-order valence-corrected chi connectivity index (χ0v) is 22.9. The maximum atomic E-state index is 13.4. The van der Waals surface area contributed by atoms with Crippen LogP contribution in [0.15, 0.2) is 85.5 Å². The first-order valence-corrected chi connectivity index (χ1v) is 13.8. The van der Waals surface area contributed by atoms with Crippen LogP contribution in [0.2, 0.25) is 0 Å². The number of rotatable bonds is 7. The summed E-state index contributed by atoms with van der Waals surface area (Å²) in [7, 11) is 0. The van der Waals surface area contributed by atoms with Crippen LogP contribution < -0.4 is 10.6 Å². The van der Waals surface area contributed by atoms with E-state index in [0.29, 0.717) is 17.0 Å². The third-order valence-corrected chi connectivity index (χ3v) is 6.80. The minimum Gasteiger partial charge on any atom is -0.368 e. The molecule has 1 saturated carbocycles. The Hall–Kier alpha value is -5.12. The first kappa shape index (κ1) is 27.1. The van der Waals surface area contributed by atoms with Crippen molar-refractivity contribution in [3.05, 3.63) is 97.1 Å². The van der Waals surface area contributed by atoms with Crippen LogP contribution in [0, 0.1) is 17.6 Å². The summed E-state index contributed by atoms with van der Waals surface area (Å²) in [6.45, 7) is 3.65. The van der Waals surface area contributed by atoms with Crippen molar-refractivity contribution in [2.24, 2.45) is 5.92 Å². The molecule has 1 aliphatic carbocycles. The molecule has 42 heavy (non-hydrogen) atoms. The van der Waals surface area contributed by atoms with E-state index < -0.39 is 0 Å².